The quantitative estimate of drug-likeness (QED) is 0.0820. The van der Waals surface area contributed by atoms with Gasteiger partial charge in [-0.25, -0.2) is 0 Å². The van der Waals surface area contributed by atoms with Crippen LogP contribution >= 0.6 is 7.60 Å². The predicted octanol–water partition coefficient (Wildman–Crippen LogP) is 7.87. The number of nitrogens with zero attached hydrogens (tertiary/aromatic N) is 1. The van der Waals surface area contributed by atoms with Gasteiger partial charge >= 0.3 is 7.60 Å². The van der Waals surface area contributed by atoms with Crippen molar-refractivity contribution in [3.8, 4) is 0 Å². The summed E-state index contributed by atoms with van der Waals surface area (Å²) in [4.78, 5) is 2.47. The van der Waals surface area contributed by atoms with Gasteiger partial charge < -0.3 is 27.7 Å². The van der Waals surface area contributed by atoms with E-state index in [0.29, 0.717) is 19.8 Å². The Morgan fingerprint density at radius 2 is 1.55 bits per heavy atom. The Hall–Kier alpha value is -0.613. The first-order valence-corrected chi connectivity index (χ1v) is 20.7. The fourth-order valence-electron chi connectivity index (χ4n) is 5.05. The molecule has 244 valence electrons. The van der Waals surface area contributed by atoms with Gasteiger partial charge in [-0.05, 0) is 70.8 Å². The number of unbranched alkanes of at least 4 members (excludes halogenated alkanes) is 3. The summed E-state index contributed by atoms with van der Waals surface area (Å²) in [5.74, 6) is 0. The molecule has 0 unspecified atom stereocenters. The van der Waals surface area contributed by atoms with E-state index < -0.39 is 15.9 Å². The van der Waals surface area contributed by atoms with Crippen LogP contribution in [0.25, 0.3) is 0 Å². The Balaban J connectivity index is 2.32. The van der Waals surface area contributed by atoms with Crippen LogP contribution in [0.3, 0.4) is 0 Å². The van der Waals surface area contributed by atoms with E-state index in [1.165, 1.54) is 0 Å². The molecule has 1 heterocycles. The van der Waals surface area contributed by atoms with E-state index in [0.717, 1.165) is 57.6 Å². The lowest BCUT2D eigenvalue weighted by Crippen LogP contribution is -2.64. The summed E-state index contributed by atoms with van der Waals surface area (Å²) in [5.41, 5.74) is 1.10. The van der Waals surface area contributed by atoms with Crippen LogP contribution in [0.15, 0.2) is 30.3 Å². The van der Waals surface area contributed by atoms with Crippen LogP contribution in [-0.2, 0) is 38.9 Å². The zero-order chi connectivity index (χ0) is 31.2. The van der Waals surface area contributed by atoms with Crippen molar-refractivity contribution < 1.29 is 32.2 Å². The van der Waals surface area contributed by atoms with Crippen LogP contribution in [-0.4, -0.2) is 83.4 Å². The van der Waals surface area contributed by atoms with Crippen LogP contribution in [0.4, 0.5) is 0 Å². The van der Waals surface area contributed by atoms with Crippen molar-refractivity contribution in [2.45, 2.75) is 123 Å². The molecular weight excluding hydrogens is 569 g/mol. The molecule has 0 aliphatic carbocycles. The van der Waals surface area contributed by atoms with Gasteiger partial charge in [-0.1, -0.05) is 63.9 Å². The van der Waals surface area contributed by atoms with Crippen molar-refractivity contribution in [2.75, 3.05) is 45.9 Å². The third-order valence-electron chi connectivity index (χ3n) is 8.46. The minimum atomic E-state index is -3.40. The molecule has 0 spiro atoms. The van der Waals surface area contributed by atoms with Crippen molar-refractivity contribution in [3.63, 3.8) is 0 Å². The van der Waals surface area contributed by atoms with Crippen molar-refractivity contribution in [1.82, 2.24) is 4.90 Å². The van der Waals surface area contributed by atoms with Crippen LogP contribution in [0, 0.1) is 0 Å². The van der Waals surface area contributed by atoms with E-state index in [4.69, 9.17) is 27.7 Å². The monoisotopic (exact) mass is 629 g/mol. The lowest BCUT2D eigenvalue weighted by molar-refractivity contribution is -0.173. The van der Waals surface area contributed by atoms with E-state index in [2.05, 4.69) is 57.8 Å². The summed E-state index contributed by atoms with van der Waals surface area (Å²) in [5, 5.41) is 0.0431. The van der Waals surface area contributed by atoms with Crippen molar-refractivity contribution in [3.05, 3.63) is 35.9 Å². The molecule has 1 aromatic rings. The van der Waals surface area contributed by atoms with Crippen LogP contribution < -0.4 is 0 Å². The van der Waals surface area contributed by atoms with E-state index in [9.17, 15) is 4.57 Å². The lowest BCUT2D eigenvalue weighted by Gasteiger charge is -2.50. The largest absolute Gasteiger partial charge is 0.410 e. The zero-order valence-corrected chi connectivity index (χ0v) is 29.8. The number of hydrogen-bond acceptors (Lipinski definition) is 8. The summed E-state index contributed by atoms with van der Waals surface area (Å²) >= 11 is 0. The average Bonchev–Trinajstić information content (AvgIpc) is 2.92. The van der Waals surface area contributed by atoms with Crippen molar-refractivity contribution in [2.24, 2.45) is 0 Å². The number of benzene rings is 1. The molecule has 42 heavy (non-hydrogen) atoms. The molecule has 0 bridgehead atoms. The molecule has 1 aliphatic heterocycles. The van der Waals surface area contributed by atoms with Gasteiger partial charge in [-0.15, -0.1) is 0 Å². The fraction of sp³-hybridized carbons (Fsp3) is 0.812. The highest BCUT2D eigenvalue weighted by Gasteiger charge is 2.48. The van der Waals surface area contributed by atoms with Crippen molar-refractivity contribution >= 4 is 15.9 Å². The smallest absolute Gasteiger partial charge is 0.356 e. The second kappa shape index (κ2) is 18.4. The molecule has 0 aromatic heterocycles. The molecule has 4 atom stereocenters. The van der Waals surface area contributed by atoms with Gasteiger partial charge in [-0.3, -0.25) is 9.46 Å². The van der Waals surface area contributed by atoms with Gasteiger partial charge in [0.15, 0.2) is 8.32 Å². The SMILES string of the molecule is CCOCCCCCCN1C[C@H](O[Si](C)(C)C(C)(C)C)[C@@H](OCc2ccccc2)[C@@H](OCP(=O)(OCC)OCC)[C@H]1C. The standard InChI is InChI=1S/C32H60NO7PSi/c1-10-35-23-19-14-13-18-22-33-24-29(40-42(8,9)32(5,6)7)31(36-25-28-20-16-15-17-21-28)30(27(33)4)37-26-41(34,38-11-2)39-12-3/h15-17,20-21,27,29-31H,10-14,18-19,22-26H2,1-9H3/t27-,29+,30+,31-/m1/s1. The Morgan fingerprint density at radius 3 is 2.14 bits per heavy atom. The zero-order valence-electron chi connectivity index (χ0n) is 27.9. The maximum Gasteiger partial charge on any atom is 0.356 e. The second-order valence-corrected chi connectivity index (χ2v) is 19.5. The molecule has 2 rings (SSSR count). The number of rotatable bonds is 20. The lowest BCUT2D eigenvalue weighted by atomic mass is 9.94. The summed E-state index contributed by atoms with van der Waals surface area (Å²) in [6, 6.07) is 10.2. The maximum atomic E-state index is 13.4. The number of piperidine rings is 1. The van der Waals surface area contributed by atoms with Gasteiger partial charge in [0.05, 0.1) is 25.9 Å². The van der Waals surface area contributed by atoms with Gasteiger partial charge in [0.2, 0.25) is 0 Å². The first-order valence-electron chi connectivity index (χ1n) is 16.0. The average molecular weight is 630 g/mol. The summed E-state index contributed by atoms with van der Waals surface area (Å²) in [6.45, 7) is 23.6. The fourth-order valence-corrected chi connectivity index (χ4v) is 7.74. The van der Waals surface area contributed by atoms with Gasteiger partial charge in [-0.2, -0.15) is 0 Å². The molecule has 1 saturated heterocycles. The predicted molar refractivity (Wildman–Crippen MR) is 174 cm³/mol. The molecule has 1 aliphatic rings. The Labute approximate surface area is 257 Å². The van der Waals surface area contributed by atoms with Crippen LogP contribution in [0.2, 0.25) is 18.1 Å². The van der Waals surface area contributed by atoms with E-state index in [1.54, 1.807) is 0 Å². The summed E-state index contributed by atoms with van der Waals surface area (Å²) in [7, 11) is -5.55. The third kappa shape index (κ3) is 12.1. The van der Waals surface area contributed by atoms with E-state index in [1.807, 2.05) is 39.0 Å². The molecule has 8 nitrogen and oxygen atoms in total. The Bertz CT molecular complexity index is 904. The van der Waals surface area contributed by atoms with E-state index in [-0.39, 0.29) is 35.7 Å². The molecule has 0 saturated carbocycles. The minimum Gasteiger partial charge on any atom is -0.410 e. The molecule has 1 aromatic carbocycles. The normalized spacial score (nSPS) is 22.5. The highest BCUT2D eigenvalue weighted by Crippen LogP contribution is 2.49. The van der Waals surface area contributed by atoms with Crippen molar-refractivity contribution in [1.29, 1.82) is 0 Å². The third-order valence-corrected chi connectivity index (χ3v) is 14.7. The molecule has 0 N–H and O–H groups in total. The highest BCUT2D eigenvalue weighted by atomic mass is 31.2. The molecule has 0 amide bonds. The first kappa shape index (κ1) is 37.6. The highest BCUT2D eigenvalue weighted by molar-refractivity contribution is 7.53. The first-order chi connectivity index (χ1) is 19.9. The Kier molecular flexibility index (Phi) is 16.4. The van der Waals surface area contributed by atoms with E-state index >= 15 is 0 Å². The molecule has 0 radical (unpaired) electrons. The number of hydrogen-bond donors (Lipinski definition) is 0. The number of likely N-dealkylation sites (tertiary alicyclic amines) is 1. The molecular formula is C32H60NO7PSi. The van der Waals surface area contributed by atoms with Gasteiger partial charge in [0, 0.05) is 25.8 Å². The molecule has 1 fully saturated rings. The van der Waals surface area contributed by atoms with Crippen LogP contribution in [0.5, 0.6) is 0 Å². The Morgan fingerprint density at radius 1 is 0.905 bits per heavy atom. The summed E-state index contributed by atoms with van der Waals surface area (Å²) < 4.78 is 50.4. The second-order valence-electron chi connectivity index (χ2n) is 12.7. The van der Waals surface area contributed by atoms with Gasteiger partial charge in [0.1, 0.15) is 18.6 Å². The van der Waals surface area contributed by atoms with Gasteiger partial charge in [0.25, 0.3) is 0 Å². The number of ether oxygens (including phenoxy) is 3. The maximum absolute atomic E-state index is 13.4. The minimum absolute atomic E-state index is 0.0326. The summed E-state index contributed by atoms with van der Waals surface area (Å²) in [6.07, 6.45) is 3.46. The topological polar surface area (TPSA) is 75.7 Å². The molecule has 10 heteroatoms. The van der Waals surface area contributed by atoms with Crippen LogP contribution in [0.1, 0.15) is 79.7 Å².